The van der Waals surface area contributed by atoms with Crippen LogP contribution in [0.1, 0.15) is 22.4 Å². The average Bonchev–Trinajstić information content (AvgIpc) is 2.63. The number of nitrogen functional groups attached to an aromatic ring is 1. The van der Waals surface area contributed by atoms with E-state index in [0.29, 0.717) is 33.6 Å². The van der Waals surface area contributed by atoms with E-state index >= 15 is 0 Å². The van der Waals surface area contributed by atoms with Gasteiger partial charge in [-0.15, -0.1) is 0 Å². The first-order valence-corrected chi connectivity index (χ1v) is 9.11. The predicted molar refractivity (Wildman–Crippen MR) is 101 cm³/mol. The zero-order valence-corrected chi connectivity index (χ0v) is 15.2. The number of aromatic nitrogens is 2. The highest BCUT2D eigenvalue weighted by Gasteiger charge is 2.15. The van der Waals surface area contributed by atoms with Crippen LogP contribution >= 0.6 is 23.4 Å². The lowest BCUT2D eigenvalue weighted by atomic mass is 10.1. The number of nitriles is 1. The van der Waals surface area contributed by atoms with Gasteiger partial charge >= 0.3 is 0 Å². The van der Waals surface area contributed by atoms with Crippen molar-refractivity contribution in [2.75, 3.05) is 5.73 Å². The van der Waals surface area contributed by atoms with Crippen LogP contribution in [0, 0.1) is 17.1 Å². The van der Waals surface area contributed by atoms with Crippen molar-refractivity contribution in [2.45, 2.75) is 17.3 Å². The molecule has 0 aliphatic heterocycles. The Kier molecular flexibility index (Phi) is 5.71. The van der Waals surface area contributed by atoms with Gasteiger partial charge in [0.2, 0.25) is 0 Å². The summed E-state index contributed by atoms with van der Waals surface area (Å²) in [5.41, 5.74) is 8.06. The second-order valence-corrected chi connectivity index (χ2v) is 6.82. The molecule has 0 amide bonds. The van der Waals surface area contributed by atoms with Gasteiger partial charge in [-0.25, -0.2) is 14.4 Å². The Balaban J connectivity index is 1.88. The van der Waals surface area contributed by atoms with Crippen molar-refractivity contribution in [3.63, 3.8) is 0 Å². The third kappa shape index (κ3) is 4.13. The Morgan fingerprint density at radius 1 is 1.08 bits per heavy atom. The van der Waals surface area contributed by atoms with E-state index in [-0.39, 0.29) is 17.2 Å². The van der Waals surface area contributed by atoms with Gasteiger partial charge in [0.05, 0.1) is 5.69 Å². The lowest BCUT2D eigenvalue weighted by Gasteiger charge is -2.10. The van der Waals surface area contributed by atoms with Gasteiger partial charge in [0, 0.05) is 17.2 Å². The third-order valence-corrected chi connectivity index (χ3v) is 5.00. The molecule has 130 valence electrons. The molecule has 4 nitrogen and oxygen atoms in total. The summed E-state index contributed by atoms with van der Waals surface area (Å²) in [4.78, 5) is 8.62. The first-order chi connectivity index (χ1) is 12.6. The molecular formula is C19H14ClFN4S. The lowest BCUT2D eigenvalue weighted by Crippen LogP contribution is -2.06. The van der Waals surface area contributed by atoms with Gasteiger partial charge in [-0.05, 0) is 23.3 Å². The monoisotopic (exact) mass is 384 g/mol. The van der Waals surface area contributed by atoms with E-state index < -0.39 is 0 Å². The molecule has 1 heterocycles. The van der Waals surface area contributed by atoms with Crippen molar-refractivity contribution in [2.24, 2.45) is 0 Å². The predicted octanol–water partition coefficient (Wildman–Crippen LogP) is 4.61. The summed E-state index contributed by atoms with van der Waals surface area (Å²) in [6.45, 7) is 0. The van der Waals surface area contributed by atoms with E-state index in [1.54, 1.807) is 24.3 Å². The highest BCUT2D eigenvalue weighted by Crippen LogP contribution is 2.26. The molecule has 0 saturated carbocycles. The molecule has 0 radical (unpaired) electrons. The fourth-order valence-corrected chi connectivity index (χ4v) is 3.46. The van der Waals surface area contributed by atoms with Crippen LogP contribution in [0.4, 0.5) is 10.2 Å². The van der Waals surface area contributed by atoms with Crippen molar-refractivity contribution in [3.05, 3.63) is 81.8 Å². The zero-order valence-electron chi connectivity index (χ0n) is 13.6. The number of hydrogen-bond donors (Lipinski definition) is 1. The molecule has 3 rings (SSSR count). The molecule has 26 heavy (non-hydrogen) atoms. The smallest absolute Gasteiger partial charge is 0.190 e. The minimum atomic E-state index is -0.280. The normalized spacial score (nSPS) is 10.5. The summed E-state index contributed by atoms with van der Waals surface area (Å²) in [5, 5.41) is 10.4. The molecule has 0 aliphatic rings. The summed E-state index contributed by atoms with van der Waals surface area (Å²) in [7, 11) is 0. The van der Waals surface area contributed by atoms with Gasteiger partial charge in [0.1, 0.15) is 23.3 Å². The molecule has 0 atom stereocenters. The quantitative estimate of drug-likeness (QED) is 0.513. The summed E-state index contributed by atoms with van der Waals surface area (Å²) in [6, 6.07) is 15.9. The summed E-state index contributed by atoms with van der Waals surface area (Å²) >= 11 is 7.47. The van der Waals surface area contributed by atoms with Crippen LogP contribution in [-0.4, -0.2) is 9.97 Å². The van der Waals surface area contributed by atoms with Crippen LogP contribution in [0.5, 0.6) is 0 Å². The van der Waals surface area contributed by atoms with Gasteiger partial charge < -0.3 is 5.73 Å². The Morgan fingerprint density at radius 2 is 1.77 bits per heavy atom. The molecule has 0 bridgehead atoms. The van der Waals surface area contributed by atoms with E-state index in [4.69, 9.17) is 17.3 Å². The number of rotatable bonds is 5. The average molecular weight is 385 g/mol. The number of hydrogen-bond acceptors (Lipinski definition) is 5. The van der Waals surface area contributed by atoms with E-state index in [9.17, 15) is 9.65 Å². The number of nitrogens with two attached hydrogens (primary N) is 1. The van der Waals surface area contributed by atoms with Gasteiger partial charge in [0.15, 0.2) is 5.16 Å². The van der Waals surface area contributed by atoms with Gasteiger partial charge in [-0.3, -0.25) is 0 Å². The molecule has 2 aromatic carbocycles. The second kappa shape index (κ2) is 8.17. The third-order valence-electron chi connectivity index (χ3n) is 3.73. The van der Waals surface area contributed by atoms with Crippen LogP contribution in [0.25, 0.3) is 0 Å². The van der Waals surface area contributed by atoms with E-state index in [0.717, 1.165) is 5.56 Å². The fraction of sp³-hybridized carbons (Fsp3) is 0.105. The molecule has 7 heteroatoms. The lowest BCUT2D eigenvalue weighted by molar-refractivity contribution is 0.617. The molecule has 0 saturated heterocycles. The number of benzene rings is 2. The maximum absolute atomic E-state index is 13.8. The largest absolute Gasteiger partial charge is 0.382 e. The number of nitrogens with zero attached hydrogens (tertiary/aromatic N) is 3. The molecule has 2 N–H and O–H groups in total. The van der Waals surface area contributed by atoms with Gasteiger partial charge in [0.25, 0.3) is 0 Å². The number of anilines is 1. The van der Waals surface area contributed by atoms with Crippen molar-refractivity contribution >= 4 is 29.2 Å². The summed E-state index contributed by atoms with van der Waals surface area (Å²) in [6.07, 6.45) is 0.364. The Hall–Kier alpha value is -2.62. The minimum absolute atomic E-state index is 0.112. The van der Waals surface area contributed by atoms with Crippen LogP contribution in [0.15, 0.2) is 53.7 Å². The standard InChI is InChI=1S/C19H14ClFN4S/c20-15-7-3-1-5-12(15)9-17-14(10-22)18(23)25-19(24-17)26-11-13-6-2-4-8-16(13)21/h1-8H,9,11H2,(H2,23,24,25). The minimum Gasteiger partial charge on any atom is -0.382 e. The first-order valence-electron chi connectivity index (χ1n) is 7.74. The van der Waals surface area contributed by atoms with Crippen molar-refractivity contribution in [3.8, 4) is 6.07 Å². The molecule has 0 spiro atoms. The maximum Gasteiger partial charge on any atom is 0.190 e. The maximum atomic E-state index is 13.8. The van der Waals surface area contributed by atoms with E-state index in [1.807, 2.05) is 18.2 Å². The van der Waals surface area contributed by atoms with E-state index in [1.165, 1.54) is 17.8 Å². The molecule has 0 unspecified atom stereocenters. The molecule has 0 aliphatic carbocycles. The Labute approximate surface area is 159 Å². The highest BCUT2D eigenvalue weighted by atomic mass is 35.5. The van der Waals surface area contributed by atoms with Crippen molar-refractivity contribution in [1.82, 2.24) is 9.97 Å². The zero-order chi connectivity index (χ0) is 18.5. The van der Waals surface area contributed by atoms with Gasteiger partial charge in [-0.1, -0.05) is 59.8 Å². The van der Waals surface area contributed by atoms with Crippen LogP contribution in [-0.2, 0) is 12.2 Å². The van der Waals surface area contributed by atoms with Crippen molar-refractivity contribution < 1.29 is 4.39 Å². The van der Waals surface area contributed by atoms with E-state index in [2.05, 4.69) is 16.0 Å². The van der Waals surface area contributed by atoms with Gasteiger partial charge in [-0.2, -0.15) is 5.26 Å². The van der Waals surface area contributed by atoms with Crippen LogP contribution in [0.2, 0.25) is 5.02 Å². The second-order valence-electron chi connectivity index (χ2n) is 5.47. The summed E-state index contributed by atoms with van der Waals surface area (Å²) < 4.78 is 13.8. The molecule has 3 aromatic rings. The SMILES string of the molecule is N#Cc1c(N)nc(SCc2ccccc2F)nc1Cc1ccccc1Cl. The van der Waals surface area contributed by atoms with Crippen LogP contribution in [0.3, 0.4) is 0 Å². The molecule has 1 aromatic heterocycles. The fourth-order valence-electron chi connectivity index (χ4n) is 2.40. The Morgan fingerprint density at radius 3 is 2.46 bits per heavy atom. The topological polar surface area (TPSA) is 75.6 Å². The first kappa shape index (κ1) is 18.2. The molecule has 0 fully saturated rings. The Bertz CT molecular complexity index is 988. The number of thioether (sulfide) groups is 1. The molecular weight excluding hydrogens is 371 g/mol. The van der Waals surface area contributed by atoms with Crippen LogP contribution < -0.4 is 5.73 Å². The highest BCUT2D eigenvalue weighted by molar-refractivity contribution is 7.98. The van der Waals surface area contributed by atoms with Crippen molar-refractivity contribution in [1.29, 1.82) is 5.26 Å². The number of halogens is 2. The summed E-state index contributed by atoms with van der Waals surface area (Å²) in [5.74, 6) is 0.197.